The van der Waals surface area contributed by atoms with E-state index in [0.29, 0.717) is 22.6 Å². The van der Waals surface area contributed by atoms with E-state index in [1.165, 1.54) is 12.1 Å². The van der Waals surface area contributed by atoms with Crippen molar-refractivity contribution in [3.05, 3.63) is 120 Å². The molecule has 4 aromatic rings. The lowest BCUT2D eigenvalue weighted by atomic mass is 9.83. The minimum absolute atomic E-state index is 0.0347. The number of carbonyl (C=O) groups excluding carboxylic acids is 2. The highest BCUT2D eigenvalue weighted by Crippen LogP contribution is 2.43. The first-order chi connectivity index (χ1) is 22.8. The van der Waals surface area contributed by atoms with Crippen LogP contribution in [0.5, 0.6) is 17.2 Å². The molecule has 0 spiro atoms. The molecule has 252 valence electrons. The number of halogens is 4. The van der Waals surface area contributed by atoms with Crippen molar-refractivity contribution in [2.24, 2.45) is 0 Å². The summed E-state index contributed by atoms with van der Waals surface area (Å²) in [5.74, 6) is -3.57. The van der Waals surface area contributed by atoms with E-state index in [9.17, 15) is 35.6 Å². The van der Waals surface area contributed by atoms with Crippen LogP contribution in [0.3, 0.4) is 0 Å². The lowest BCUT2D eigenvalue weighted by Crippen LogP contribution is -2.50. The number of imide groups is 1. The minimum Gasteiger partial charge on any atom is -0.497 e. The Bertz CT molecular complexity index is 1850. The van der Waals surface area contributed by atoms with E-state index in [4.69, 9.17) is 9.47 Å². The number of hydrogen-bond acceptors (Lipinski definition) is 7. The van der Waals surface area contributed by atoms with Crippen molar-refractivity contribution in [2.75, 3.05) is 7.11 Å². The number of rotatable bonds is 12. The van der Waals surface area contributed by atoms with Gasteiger partial charge in [-0.05, 0) is 83.8 Å². The third kappa shape index (κ3) is 7.77. The number of ether oxygens (including phenoxy) is 3. The predicted molar refractivity (Wildman–Crippen MR) is 165 cm³/mol. The highest BCUT2D eigenvalue weighted by Gasteiger charge is 2.51. The lowest BCUT2D eigenvalue weighted by Gasteiger charge is -2.26. The van der Waals surface area contributed by atoms with E-state index in [2.05, 4.69) is 9.46 Å². The van der Waals surface area contributed by atoms with Crippen molar-refractivity contribution < 1.29 is 49.8 Å². The summed E-state index contributed by atoms with van der Waals surface area (Å²) in [5, 5.41) is 0. The van der Waals surface area contributed by atoms with E-state index in [1.54, 1.807) is 50.4 Å². The first-order valence-electron chi connectivity index (χ1n) is 14.7. The molecule has 1 saturated heterocycles. The normalized spacial score (nSPS) is 17.3. The zero-order valence-corrected chi connectivity index (χ0v) is 26.4. The Hall–Kier alpha value is -4.95. The fourth-order valence-electron chi connectivity index (χ4n) is 5.39. The van der Waals surface area contributed by atoms with Crippen LogP contribution in [0, 0.1) is 5.82 Å². The first kappa shape index (κ1) is 34.4. The molecule has 1 aliphatic rings. The SMILES string of the molecule is CCC(NS(=O)(=O)c1ccc(OC(F)(F)F)cc1)N1C(=O)C(c2ccc(F)cc2)C(c2ccc(OCc3ccc(OC)cc3)cc2)C1=O. The fourth-order valence-corrected chi connectivity index (χ4v) is 6.65. The van der Waals surface area contributed by atoms with Gasteiger partial charge in [0, 0.05) is 0 Å². The standard InChI is InChI=1S/C34H30F4N2O7S/c1-3-29(39-48(43,44)28-18-16-27(17-19-28)47-34(36,37)38)40-32(41)30(22-6-10-24(35)11-7-22)31(33(40)42)23-8-14-26(15-9-23)46-20-21-4-12-25(45-2)13-5-21/h4-19,29-31,39H,3,20H2,1-2H3. The Morgan fingerprint density at radius 2 is 1.27 bits per heavy atom. The number of sulfonamides is 1. The molecule has 3 unspecified atom stereocenters. The Balaban J connectivity index is 1.40. The molecular weight excluding hydrogens is 656 g/mol. The van der Waals surface area contributed by atoms with Crippen LogP contribution in [0.1, 0.15) is 41.9 Å². The number of likely N-dealkylation sites (tertiary alicyclic amines) is 1. The molecule has 0 aromatic heterocycles. The molecule has 1 heterocycles. The molecule has 9 nitrogen and oxygen atoms in total. The van der Waals surface area contributed by atoms with Crippen molar-refractivity contribution in [3.63, 3.8) is 0 Å². The predicted octanol–water partition coefficient (Wildman–Crippen LogP) is 6.26. The molecule has 1 fully saturated rings. The van der Waals surface area contributed by atoms with Crippen molar-refractivity contribution in [3.8, 4) is 17.2 Å². The maximum absolute atomic E-state index is 14.0. The van der Waals surface area contributed by atoms with Crippen LogP contribution >= 0.6 is 0 Å². The van der Waals surface area contributed by atoms with Crippen LogP contribution in [0.15, 0.2) is 102 Å². The third-order valence-corrected chi connectivity index (χ3v) is 9.21. The van der Waals surface area contributed by atoms with Gasteiger partial charge in [0.25, 0.3) is 0 Å². The number of nitrogens with zero attached hydrogens (tertiary/aromatic N) is 1. The number of amides is 2. The number of benzene rings is 4. The molecule has 0 saturated carbocycles. The van der Waals surface area contributed by atoms with E-state index in [1.807, 2.05) is 12.1 Å². The number of alkyl halides is 3. The van der Waals surface area contributed by atoms with Crippen molar-refractivity contribution in [1.82, 2.24) is 9.62 Å². The summed E-state index contributed by atoms with van der Waals surface area (Å²) in [4.78, 5) is 28.5. The first-order valence-corrected chi connectivity index (χ1v) is 16.1. The van der Waals surface area contributed by atoms with Crippen LogP contribution in [0.4, 0.5) is 17.6 Å². The topological polar surface area (TPSA) is 111 Å². The van der Waals surface area contributed by atoms with Gasteiger partial charge in [0.1, 0.15) is 35.8 Å². The average molecular weight is 687 g/mol. The molecule has 3 atom stereocenters. The number of nitrogens with one attached hydrogen (secondary N) is 1. The maximum atomic E-state index is 14.0. The van der Waals surface area contributed by atoms with Gasteiger partial charge in [-0.1, -0.05) is 43.3 Å². The van der Waals surface area contributed by atoms with Crippen LogP contribution in [-0.2, 0) is 26.2 Å². The van der Waals surface area contributed by atoms with Gasteiger partial charge in [0.05, 0.1) is 23.8 Å². The third-order valence-electron chi connectivity index (χ3n) is 7.73. The zero-order valence-electron chi connectivity index (χ0n) is 25.6. The molecule has 0 aliphatic carbocycles. The summed E-state index contributed by atoms with van der Waals surface area (Å²) in [7, 11) is -2.86. The Morgan fingerprint density at radius 3 is 1.77 bits per heavy atom. The summed E-state index contributed by atoms with van der Waals surface area (Å²) in [6, 6.07) is 22.5. The quantitative estimate of drug-likeness (QED) is 0.138. The average Bonchev–Trinajstić information content (AvgIpc) is 3.32. The second-order valence-corrected chi connectivity index (χ2v) is 12.5. The second-order valence-electron chi connectivity index (χ2n) is 10.8. The summed E-state index contributed by atoms with van der Waals surface area (Å²) in [6.07, 6.45) is -6.35. The lowest BCUT2D eigenvalue weighted by molar-refractivity contribution is -0.274. The van der Waals surface area contributed by atoms with Crippen LogP contribution in [0.25, 0.3) is 0 Å². The second kappa shape index (κ2) is 14.0. The van der Waals surface area contributed by atoms with E-state index < -0.39 is 62.7 Å². The highest BCUT2D eigenvalue weighted by molar-refractivity contribution is 7.89. The minimum atomic E-state index is -4.97. The molecular formula is C34H30F4N2O7S. The van der Waals surface area contributed by atoms with Crippen LogP contribution < -0.4 is 18.9 Å². The maximum Gasteiger partial charge on any atom is 0.573 e. The Labute approximate surface area is 274 Å². The smallest absolute Gasteiger partial charge is 0.497 e. The summed E-state index contributed by atoms with van der Waals surface area (Å²) >= 11 is 0. The zero-order chi connectivity index (χ0) is 34.6. The molecule has 2 amide bonds. The molecule has 5 rings (SSSR count). The van der Waals surface area contributed by atoms with Crippen molar-refractivity contribution >= 4 is 21.8 Å². The molecule has 1 aliphatic heterocycles. The van der Waals surface area contributed by atoms with Crippen LogP contribution in [-0.4, -0.2) is 44.8 Å². The fraction of sp³-hybridized carbons (Fsp3) is 0.235. The molecule has 0 bridgehead atoms. The summed E-state index contributed by atoms with van der Waals surface area (Å²) in [6.45, 7) is 1.82. The molecule has 1 N–H and O–H groups in total. The van der Waals surface area contributed by atoms with Gasteiger partial charge in [0.2, 0.25) is 21.8 Å². The Kier molecular flexibility index (Phi) is 10.1. The number of methoxy groups -OCH3 is 1. The van der Waals surface area contributed by atoms with Gasteiger partial charge < -0.3 is 14.2 Å². The highest BCUT2D eigenvalue weighted by atomic mass is 32.2. The van der Waals surface area contributed by atoms with Gasteiger partial charge in [-0.2, -0.15) is 4.72 Å². The van der Waals surface area contributed by atoms with Gasteiger partial charge in [-0.3, -0.25) is 14.5 Å². The summed E-state index contributed by atoms with van der Waals surface area (Å²) in [5.41, 5.74) is 1.68. The molecule has 14 heteroatoms. The van der Waals surface area contributed by atoms with Crippen LogP contribution in [0.2, 0.25) is 0 Å². The van der Waals surface area contributed by atoms with Crippen molar-refractivity contribution in [1.29, 1.82) is 0 Å². The van der Waals surface area contributed by atoms with E-state index in [-0.39, 0.29) is 13.0 Å². The number of carbonyl (C=O) groups is 2. The molecule has 48 heavy (non-hydrogen) atoms. The van der Waals surface area contributed by atoms with Gasteiger partial charge >= 0.3 is 6.36 Å². The van der Waals surface area contributed by atoms with E-state index >= 15 is 0 Å². The summed E-state index contributed by atoms with van der Waals surface area (Å²) < 4.78 is 95.2. The Morgan fingerprint density at radius 1 is 0.771 bits per heavy atom. The number of hydrogen-bond donors (Lipinski definition) is 1. The largest absolute Gasteiger partial charge is 0.573 e. The van der Waals surface area contributed by atoms with Gasteiger partial charge in [0.15, 0.2) is 0 Å². The monoisotopic (exact) mass is 686 g/mol. The van der Waals surface area contributed by atoms with Crippen molar-refractivity contribution in [2.45, 2.75) is 49.2 Å². The molecule has 0 radical (unpaired) electrons. The van der Waals surface area contributed by atoms with E-state index in [0.717, 1.165) is 46.9 Å². The van der Waals surface area contributed by atoms with Gasteiger partial charge in [-0.15, -0.1) is 13.2 Å². The van der Waals surface area contributed by atoms with Gasteiger partial charge in [-0.25, -0.2) is 12.8 Å². The molecule has 4 aromatic carbocycles.